The van der Waals surface area contributed by atoms with Gasteiger partial charge >= 0.3 is 0 Å². The summed E-state index contributed by atoms with van der Waals surface area (Å²) in [6.07, 6.45) is 4.91. The molecule has 0 aliphatic rings. The van der Waals surface area contributed by atoms with Gasteiger partial charge in [0.05, 0.1) is 6.54 Å². The summed E-state index contributed by atoms with van der Waals surface area (Å²) in [6.45, 7) is 4.68. The van der Waals surface area contributed by atoms with Crippen molar-refractivity contribution < 1.29 is 0 Å². The van der Waals surface area contributed by atoms with Gasteiger partial charge in [-0.1, -0.05) is 18.2 Å². The normalized spacial score (nSPS) is 11.3. The summed E-state index contributed by atoms with van der Waals surface area (Å²) >= 11 is 0. The zero-order valence-corrected chi connectivity index (χ0v) is 12.6. The molecule has 0 radical (unpaired) electrons. The van der Waals surface area contributed by atoms with Crippen LogP contribution < -0.4 is 5.32 Å². The fourth-order valence-electron chi connectivity index (χ4n) is 2.74. The van der Waals surface area contributed by atoms with Gasteiger partial charge in [-0.3, -0.25) is 0 Å². The number of hydrogen-bond acceptors (Lipinski definition) is 3. The number of nitrogens with one attached hydrogen (secondary N) is 1. The Labute approximate surface area is 124 Å². The number of fused-ring (bicyclic) bond motifs is 1. The van der Waals surface area contributed by atoms with Crippen LogP contribution in [0.1, 0.15) is 18.3 Å². The van der Waals surface area contributed by atoms with Crippen LogP contribution in [0.4, 0.5) is 0 Å². The molecule has 3 rings (SSSR count). The van der Waals surface area contributed by atoms with Crippen LogP contribution in [0.3, 0.4) is 0 Å². The van der Waals surface area contributed by atoms with Gasteiger partial charge in [0.25, 0.3) is 0 Å². The highest BCUT2D eigenvalue weighted by molar-refractivity contribution is 5.84. The Balaban J connectivity index is 1.98. The van der Waals surface area contributed by atoms with Gasteiger partial charge in [-0.25, -0.2) is 9.67 Å². The minimum absolute atomic E-state index is 0.758. The van der Waals surface area contributed by atoms with Crippen LogP contribution in [0.2, 0.25) is 0 Å². The van der Waals surface area contributed by atoms with E-state index in [4.69, 9.17) is 0 Å². The molecule has 2 heterocycles. The van der Waals surface area contributed by atoms with E-state index < -0.39 is 0 Å². The smallest absolute Gasteiger partial charge is 0.146 e. The Morgan fingerprint density at radius 3 is 2.90 bits per heavy atom. The Bertz CT molecular complexity index is 725. The van der Waals surface area contributed by atoms with E-state index in [1.54, 1.807) is 6.33 Å². The van der Waals surface area contributed by atoms with E-state index in [9.17, 15) is 0 Å². The fraction of sp³-hybridized carbons (Fsp3) is 0.375. The minimum Gasteiger partial charge on any atom is -0.340 e. The molecule has 0 atom stereocenters. The van der Waals surface area contributed by atoms with Crippen molar-refractivity contribution >= 4 is 10.9 Å². The van der Waals surface area contributed by atoms with E-state index in [-0.39, 0.29) is 0 Å². The lowest BCUT2D eigenvalue weighted by atomic mass is 10.1. The molecule has 0 aliphatic carbocycles. The van der Waals surface area contributed by atoms with Crippen molar-refractivity contribution in [1.29, 1.82) is 0 Å². The topological polar surface area (TPSA) is 47.7 Å². The lowest BCUT2D eigenvalue weighted by Crippen LogP contribution is -2.10. The predicted molar refractivity (Wildman–Crippen MR) is 84.4 cm³/mol. The van der Waals surface area contributed by atoms with Crippen molar-refractivity contribution in [3.63, 3.8) is 0 Å². The zero-order chi connectivity index (χ0) is 14.7. The first-order valence-corrected chi connectivity index (χ1v) is 7.41. The SMILES string of the molecule is CCn1ncnc1Cn1cc(CCNC)c2ccccc21. The number of aromatic nitrogens is 4. The van der Waals surface area contributed by atoms with Crippen LogP contribution in [-0.2, 0) is 19.5 Å². The van der Waals surface area contributed by atoms with Gasteiger partial charge in [0.2, 0.25) is 0 Å². The molecule has 0 saturated heterocycles. The number of nitrogens with zero attached hydrogens (tertiary/aromatic N) is 4. The maximum Gasteiger partial charge on any atom is 0.146 e. The van der Waals surface area contributed by atoms with E-state index in [2.05, 4.69) is 57.4 Å². The quantitative estimate of drug-likeness (QED) is 0.753. The standard InChI is InChI=1S/C16H21N5/c1-3-21-16(18-12-19-21)11-20-10-13(8-9-17-2)14-6-4-5-7-15(14)20/h4-7,10,12,17H,3,8-9,11H2,1-2H3. The predicted octanol–water partition coefficient (Wildman–Crippen LogP) is 2.06. The van der Waals surface area contributed by atoms with Gasteiger partial charge in [0.1, 0.15) is 12.2 Å². The van der Waals surface area contributed by atoms with Crippen LogP contribution in [-0.4, -0.2) is 32.9 Å². The Hall–Kier alpha value is -2.14. The van der Waals surface area contributed by atoms with E-state index in [0.717, 1.165) is 31.9 Å². The molecule has 0 spiro atoms. The molecule has 0 aliphatic heterocycles. The van der Waals surface area contributed by atoms with Gasteiger partial charge in [0, 0.05) is 23.6 Å². The molecule has 5 heteroatoms. The van der Waals surface area contributed by atoms with Gasteiger partial charge in [-0.05, 0) is 38.6 Å². The van der Waals surface area contributed by atoms with Crippen LogP contribution in [0.5, 0.6) is 0 Å². The highest BCUT2D eigenvalue weighted by Gasteiger charge is 2.10. The molecule has 3 aromatic rings. The van der Waals surface area contributed by atoms with Crippen molar-refractivity contribution in [3.8, 4) is 0 Å². The molecule has 0 amide bonds. The maximum absolute atomic E-state index is 4.38. The molecule has 1 aromatic carbocycles. The lowest BCUT2D eigenvalue weighted by Gasteiger charge is -2.06. The minimum atomic E-state index is 0.758. The Morgan fingerprint density at radius 2 is 2.10 bits per heavy atom. The first-order valence-electron chi connectivity index (χ1n) is 7.41. The summed E-state index contributed by atoms with van der Waals surface area (Å²) < 4.78 is 4.22. The number of aryl methyl sites for hydroxylation is 1. The number of rotatable bonds is 6. The summed E-state index contributed by atoms with van der Waals surface area (Å²) in [5, 5.41) is 8.80. The van der Waals surface area contributed by atoms with Crippen LogP contribution >= 0.6 is 0 Å². The van der Waals surface area contributed by atoms with E-state index >= 15 is 0 Å². The zero-order valence-electron chi connectivity index (χ0n) is 12.6. The molecule has 0 unspecified atom stereocenters. The molecule has 2 aromatic heterocycles. The summed E-state index contributed by atoms with van der Waals surface area (Å²) in [7, 11) is 1.99. The molecule has 21 heavy (non-hydrogen) atoms. The van der Waals surface area contributed by atoms with Gasteiger partial charge < -0.3 is 9.88 Å². The average molecular weight is 283 g/mol. The first-order chi connectivity index (χ1) is 10.3. The fourth-order valence-corrected chi connectivity index (χ4v) is 2.74. The summed E-state index contributed by atoms with van der Waals surface area (Å²) in [5.74, 6) is 0.999. The van der Waals surface area contributed by atoms with Crippen molar-refractivity contribution in [2.24, 2.45) is 0 Å². The van der Waals surface area contributed by atoms with Crippen molar-refractivity contribution in [2.75, 3.05) is 13.6 Å². The Morgan fingerprint density at radius 1 is 1.24 bits per heavy atom. The molecule has 5 nitrogen and oxygen atoms in total. The third-order valence-corrected chi connectivity index (χ3v) is 3.82. The second-order valence-electron chi connectivity index (χ2n) is 5.14. The van der Waals surface area contributed by atoms with Crippen molar-refractivity contribution in [3.05, 3.63) is 48.2 Å². The molecular formula is C16H21N5. The van der Waals surface area contributed by atoms with Crippen molar-refractivity contribution in [1.82, 2.24) is 24.6 Å². The van der Waals surface area contributed by atoms with Crippen LogP contribution in [0.25, 0.3) is 10.9 Å². The maximum atomic E-state index is 4.38. The molecule has 1 N–H and O–H groups in total. The molecule has 110 valence electrons. The summed E-state index contributed by atoms with van der Waals surface area (Å²) in [6, 6.07) is 8.56. The third kappa shape index (κ3) is 2.69. The molecule has 0 saturated carbocycles. The van der Waals surface area contributed by atoms with E-state index in [0.29, 0.717) is 0 Å². The third-order valence-electron chi connectivity index (χ3n) is 3.82. The largest absolute Gasteiger partial charge is 0.340 e. The Kier molecular flexibility index (Phi) is 4.01. The highest BCUT2D eigenvalue weighted by Crippen LogP contribution is 2.22. The highest BCUT2D eigenvalue weighted by atomic mass is 15.3. The van der Waals surface area contributed by atoms with E-state index in [1.165, 1.54) is 16.5 Å². The second kappa shape index (κ2) is 6.10. The summed E-state index contributed by atoms with van der Waals surface area (Å²) in [5.41, 5.74) is 2.64. The first kappa shape index (κ1) is 13.8. The molecule has 0 bridgehead atoms. The van der Waals surface area contributed by atoms with Crippen LogP contribution in [0, 0.1) is 0 Å². The summed E-state index contributed by atoms with van der Waals surface area (Å²) in [4.78, 5) is 4.38. The average Bonchev–Trinajstić information content (AvgIpc) is 3.11. The number of hydrogen-bond donors (Lipinski definition) is 1. The van der Waals surface area contributed by atoms with Gasteiger partial charge in [-0.2, -0.15) is 5.10 Å². The van der Waals surface area contributed by atoms with Gasteiger partial charge in [-0.15, -0.1) is 0 Å². The lowest BCUT2D eigenvalue weighted by molar-refractivity contribution is 0.596. The van der Waals surface area contributed by atoms with Crippen LogP contribution in [0.15, 0.2) is 36.8 Å². The number of likely N-dealkylation sites (N-methyl/N-ethyl adjacent to an activating group) is 1. The second-order valence-corrected chi connectivity index (χ2v) is 5.14. The van der Waals surface area contributed by atoms with Gasteiger partial charge in [0.15, 0.2) is 0 Å². The van der Waals surface area contributed by atoms with E-state index in [1.807, 2.05) is 11.7 Å². The van der Waals surface area contributed by atoms with Crippen molar-refractivity contribution in [2.45, 2.75) is 26.4 Å². The molecular weight excluding hydrogens is 262 g/mol. The molecule has 0 fully saturated rings. The monoisotopic (exact) mass is 283 g/mol. The number of para-hydroxylation sites is 1. The number of benzene rings is 1.